The van der Waals surface area contributed by atoms with E-state index in [1.165, 1.54) is 0 Å². The number of hydrogen-bond donors (Lipinski definition) is 1. The Morgan fingerprint density at radius 3 is 2.78 bits per heavy atom. The summed E-state index contributed by atoms with van der Waals surface area (Å²) in [6.07, 6.45) is -0.577. The molecule has 0 fully saturated rings. The highest BCUT2D eigenvalue weighted by molar-refractivity contribution is 6.28. The van der Waals surface area contributed by atoms with Crippen molar-refractivity contribution in [3.63, 3.8) is 0 Å². The first kappa shape index (κ1) is 13.0. The van der Waals surface area contributed by atoms with Crippen LogP contribution in [0.4, 0.5) is 10.6 Å². The molecule has 6 nitrogen and oxygen atoms in total. The van der Waals surface area contributed by atoms with Gasteiger partial charge in [0.05, 0.1) is 18.9 Å². The Balaban J connectivity index is 2.17. The van der Waals surface area contributed by atoms with Gasteiger partial charge in [-0.05, 0) is 32.4 Å². The molecular formula is C11H14ClN3O3. The van der Waals surface area contributed by atoms with Crippen molar-refractivity contribution >= 4 is 23.5 Å². The van der Waals surface area contributed by atoms with Crippen LogP contribution in [0.25, 0.3) is 0 Å². The number of rotatable bonds is 1. The lowest BCUT2D eigenvalue weighted by atomic mass is 10.2. The number of nitrogens with zero attached hydrogens (tertiary/aromatic N) is 2. The lowest BCUT2D eigenvalue weighted by Gasteiger charge is -2.19. The van der Waals surface area contributed by atoms with Gasteiger partial charge in [0, 0.05) is 5.56 Å². The number of carbonyl (C=O) groups excluding carboxylic acids is 1. The number of aromatic nitrogens is 2. The summed E-state index contributed by atoms with van der Waals surface area (Å²) in [5, 5.41) is 2.64. The molecule has 1 aliphatic rings. The number of fused-ring (bicyclic) bond motifs is 1. The molecule has 0 saturated heterocycles. The van der Waals surface area contributed by atoms with Gasteiger partial charge in [0.1, 0.15) is 11.4 Å². The van der Waals surface area contributed by atoms with Crippen molar-refractivity contribution in [1.29, 1.82) is 0 Å². The Labute approximate surface area is 110 Å². The fourth-order valence-electron chi connectivity index (χ4n) is 1.52. The molecule has 1 N–H and O–H groups in total. The predicted molar refractivity (Wildman–Crippen MR) is 65.4 cm³/mol. The van der Waals surface area contributed by atoms with E-state index in [9.17, 15) is 4.79 Å². The molecule has 1 aromatic rings. The Morgan fingerprint density at radius 2 is 2.11 bits per heavy atom. The number of ether oxygens (including phenoxy) is 2. The van der Waals surface area contributed by atoms with Gasteiger partial charge in [0.2, 0.25) is 5.28 Å². The second kappa shape index (κ2) is 4.70. The van der Waals surface area contributed by atoms with Gasteiger partial charge in [-0.15, -0.1) is 0 Å². The normalized spacial score (nSPS) is 14.2. The van der Waals surface area contributed by atoms with E-state index < -0.39 is 11.7 Å². The Hall–Kier alpha value is -1.40. The van der Waals surface area contributed by atoms with Gasteiger partial charge in [0.25, 0.3) is 0 Å². The molecule has 0 atom stereocenters. The Kier molecular flexibility index (Phi) is 3.41. The van der Waals surface area contributed by atoms with Crippen LogP contribution >= 0.6 is 11.6 Å². The number of hydrogen-bond acceptors (Lipinski definition) is 5. The zero-order valence-electron chi connectivity index (χ0n) is 10.4. The average Bonchev–Trinajstić information content (AvgIpc) is 2.61. The lowest BCUT2D eigenvalue weighted by molar-refractivity contribution is 0.0635. The van der Waals surface area contributed by atoms with Gasteiger partial charge in [-0.1, -0.05) is 0 Å². The summed E-state index contributed by atoms with van der Waals surface area (Å²) in [5.41, 5.74) is 0.868. The molecule has 0 aliphatic carbocycles. The highest BCUT2D eigenvalue weighted by atomic mass is 35.5. The Morgan fingerprint density at radius 1 is 1.39 bits per heavy atom. The van der Waals surface area contributed by atoms with Crippen molar-refractivity contribution in [2.45, 2.75) is 39.6 Å². The van der Waals surface area contributed by atoms with Crippen LogP contribution < -0.4 is 5.32 Å². The molecule has 1 amide bonds. The minimum Gasteiger partial charge on any atom is -0.444 e. The molecule has 0 unspecified atom stereocenters. The van der Waals surface area contributed by atoms with Crippen molar-refractivity contribution in [2.75, 3.05) is 5.32 Å². The highest BCUT2D eigenvalue weighted by Crippen LogP contribution is 2.26. The second-order valence-corrected chi connectivity index (χ2v) is 5.22. The summed E-state index contributed by atoms with van der Waals surface area (Å²) in [7, 11) is 0. The topological polar surface area (TPSA) is 73.3 Å². The standard InChI is InChI=1S/C11H14ClN3O3/c1-11(2,3)18-10(16)15-8-6-4-17-5-7(6)13-9(12)14-8/h4-5H2,1-3H3,(H,13,14,15,16). The van der Waals surface area contributed by atoms with Crippen LogP contribution in [0, 0.1) is 0 Å². The molecular weight excluding hydrogens is 258 g/mol. The van der Waals surface area contributed by atoms with E-state index in [4.69, 9.17) is 21.1 Å². The zero-order chi connectivity index (χ0) is 13.3. The molecule has 2 heterocycles. The molecule has 0 radical (unpaired) electrons. The number of amides is 1. The van der Waals surface area contributed by atoms with Crippen molar-refractivity contribution in [2.24, 2.45) is 0 Å². The minimum atomic E-state index is -0.577. The second-order valence-electron chi connectivity index (χ2n) is 4.89. The minimum absolute atomic E-state index is 0.0744. The van der Waals surface area contributed by atoms with Crippen LogP contribution in [0.5, 0.6) is 0 Å². The van der Waals surface area contributed by atoms with E-state index in [1.54, 1.807) is 20.8 Å². The van der Waals surface area contributed by atoms with Gasteiger partial charge in [-0.25, -0.2) is 9.78 Å². The first-order valence-corrected chi connectivity index (χ1v) is 5.86. The van der Waals surface area contributed by atoms with E-state index in [0.29, 0.717) is 24.7 Å². The molecule has 1 aromatic heterocycles. The predicted octanol–water partition coefficient (Wildman–Crippen LogP) is 2.51. The van der Waals surface area contributed by atoms with E-state index in [1.807, 2.05) is 0 Å². The number of halogens is 1. The maximum absolute atomic E-state index is 11.7. The SMILES string of the molecule is CC(C)(C)OC(=O)Nc1nc(Cl)nc2c1COC2. The third-order valence-corrected chi connectivity index (χ3v) is 2.34. The number of nitrogens with one attached hydrogen (secondary N) is 1. The number of anilines is 1. The average molecular weight is 272 g/mol. The Bertz CT molecular complexity index is 485. The van der Waals surface area contributed by atoms with Crippen LogP contribution in [0.1, 0.15) is 32.0 Å². The number of carbonyl (C=O) groups is 1. The molecule has 18 heavy (non-hydrogen) atoms. The van der Waals surface area contributed by atoms with Crippen LogP contribution in [-0.4, -0.2) is 21.7 Å². The van der Waals surface area contributed by atoms with E-state index in [2.05, 4.69) is 15.3 Å². The van der Waals surface area contributed by atoms with Gasteiger partial charge >= 0.3 is 6.09 Å². The van der Waals surface area contributed by atoms with Crippen molar-refractivity contribution in [3.05, 3.63) is 16.5 Å². The van der Waals surface area contributed by atoms with E-state index in [-0.39, 0.29) is 5.28 Å². The van der Waals surface area contributed by atoms with Crippen molar-refractivity contribution in [1.82, 2.24) is 9.97 Å². The molecule has 0 saturated carbocycles. The fraction of sp³-hybridized carbons (Fsp3) is 0.545. The van der Waals surface area contributed by atoms with E-state index in [0.717, 1.165) is 5.56 Å². The third kappa shape index (κ3) is 3.08. The van der Waals surface area contributed by atoms with Gasteiger partial charge < -0.3 is 9.47 Å². The molecule has 0 bridgehead atoms. The molecule has 2 rings (SSSR count). The fourth-order valence-corrected chi connectivity index (χ4v) is 1.71. The van der Waals surface area contributed by atoms with Crippen molar-refractivity contribution < 1.29 is 14.3 Å². The highest BCUT2D eigenvalue weighted by Gasteiger charge is 2.23. The largest absolute Gasteiger partial charge is 0.444 e. The molecule has 1 aliphatic heterocycles. The van der Waals surface area contributed by atoms with Gasteiger partial charge in [0.15, 0.2) is 0 Å². The van der Waals surface area contributed by atoms with Gasteiger partial charge in [-0.3, -0.25) is 5.32 Å². The third-order valence-electron chi connectivity index (χ3n) is 2.17. The van der Waals surface area contributed by atoms with Crippen molar-refractivity contribution in [3.8, 4) is 0 Å². The molecule has 0 spiro atoms. The summed E-state index contributed by atoms with van der Waals surface area (Å²) in [5.74, 6) is 0.344. The van der Waals surface area contributed by atoms with Crippen LogP contribution in [0.15, 0.2) is 0 Å². The quantitative estimate of drug-likeness (QED) is 0.795. The molecule has 7 heteroatoms. The van der Waals surface area contributed by atoms with Crippen LogP contribution in [-0.2, 0) is 22.7 Å². The van der Waals surface area contributed by atoms with E-state index >= 15 is 0 Å². The smallest absolute Gasteiger partial charge is 0.413 e. The van der Waals surface area contributed by atoms with Crippen LogP contribution in [0.2, 0.25) is 5.28 Å². The molecule has 98 valence electrons. The summed E-state index contributed by atoms with van der Waals surface area (Å²) < 4.78 is 10.4. The summed E-state index contributed by atoms with van der Waals surface area (Å²) in [4.78, 5) is 19.7. The monoisotopic (exact) mass is 271 g/mol. The first-order chi connectivity index (χ1) is 8.35. The summed E-state index contributed by atoms with van der Waals surface area (Å²) in [6.45, 7) is 6.09. The summed E-state index contributed by atoms with van der Waals surface area (Å²) in [6, 6.07) is 0. The zero-order valence-corrected chi connectivity index (χ0v) is 11.2. The maximum atomic E-state index is 11.7. The van der Waals surface area contributed by atoms with Crippen LogP contribution in [0.3, 0.4) is 0 Å². The summed E-state index contributed by atoms with van der Waals surface area (Å²) >= 11 is 5.78. The maximum Gasteiger partial charge on any atom is 0.413 e. The first-order valence-electron chi connectivity index (χ1n) is 5.48. The lowest BCUT2D eigenvalue weighted by Crippen LogP contribution is -2.28. The van der Waals surface area contributed by atoms with Gasteiger partial charge in [-0.2, -0.15) is 4.98 Å². The molecule has 0 aromatic carbocycles.